The number of carbonyl (C=O) groups is 1. The third-order valence-electron chi connectivity index (χ3n) is 4.43. The molecule has 0 unspecified atom stereocenters. The average Bonchev–Trinajstić information content (AvgIpc) is 3.12. The number of rotatable bonds is 6. The summed E-state index contributed by atoms with van der Waals surface area (Å²) in [6.07, 6.45) is 1.28. The first-order chi connectivity index (χ1) is 13.7. The highest BCUT2D eigenvalue weighted by atomic mass is 32.1. The summed E-state index contributed by atoms with van der Waals surface area (Å²) in [4.78, 5) is 18.8. The summed E-state index contributed by atoms with van der Waals surface area (Å²) in [5.41, 5.74) is -0.0685. The second-order valence-corrected chi connectivity index (χ2v) is 7.97. The lowest BCUT2D eigenvalue weighted by Crippen LogP contribution is -2.58. The van der Waals surface area contributed by atoms with Gasteiger partial charge in [0.2, 0.25) is 0 Å². The molecule has 0 spiro atoms. The van der Waals surface area contributed by atoms with Gasteiger partial charge in [-0.2, -0.15) is 0 Å². The van der Waals surface area contributed by atoms with Gasteiger partial charge in [0.25, 0.3) is 0 Å². The Morgan fingerprint density at radius 2 is 2.21 bits per heavy atom. The lowest BCUT2D eigenvalue weighted by atomic mass is 9.48. The summed E-state index contributed by atoms with van der Waals surface area (Å²) in [7, 11) is 18.4. The van der Waals surface area contributed by atoms with Crippen molar-refractivity contribution in [2.24, 2.45) is 0 Å². The SMILES string of the molecule is [B]C([B])([B])N1CCO[C@@H](COc2cc(C(=O)OC)c(F)c(-c3ncc(C)s3)c2)C1. The van der Waals surface area contributed by atoms with E-state index in [2.05, 4.69) is 9.72 Å². The number of aryl methyl sites for hydroxylation is 1. The number of hydrogen-bond acceptors (Lipinski definition) is 7. The highest BCUT2D eigenvalue weighted by molar-refractivity contribution is 7.14. The molecular formula is C18H18B3FN2O4S. The largest absolute Gasteiger partial charge is 0.491 e. The van der Waals surface area contributed by atoms with Crippen LogP contribution < -0.4 is 4.74 Å². The molecule has 0 N–H and O–H groups in total. The van der Waals surface area contributed by atoms with Crippen molar-refractivity contribution >= 4 is 40.8 Å². The van der Waals surface area contributed by atoms with Crippen LogP contribution in [0.5, 0.6) is 5.75 Å². The van der Waals surface area contributed by atoms with E-state index in [9.17, 15) is 9.18 Å². The second-order valence-electron chi connectivity index (χ2n) is 6.74. The van der Waals surface area contributed by atoms with Gasteiger partial charge in [-0.15, -0.1) is 11.3 Å². The fourth-order valence-electron chi connectivity index (χ4n) is 2.94. The molecule has 146 valence electrons. The quantitative estimate of drug-likeness (QED) is 0.528. The molecule has 6 radical (unpaired) electrons. The van der Waals surface area contributed by atoms with E-state index in [0.717, 1.165) is 4.88 Å². The molecule has 3 rings (SSSR count). The van der Waals surface area contributed by atoms with Crippen molar-refractivity contribution in [3.63, 3.8) is 0 Å². The molecule has 1 aromatic heterocycles. The Labute approximate surface area is 177 Å². The van der Waals surface area contributed by atoms with E-state index in [0.29, 0.717) is 24.7 Å². The lowest BCUT2D eigenvalue weighted by molar-refractivity contribution is -0.0494. The number of ether oxygens (including phenoxy) is 3. The molecule has 0 bridgehead atoms. The lowest BCUT2D eigenvalue weighted by Gasteiger charge is -2.42. The number of aromatic nitrogens is 1. The molecule has 0 aliphatic carbocycles. The van der Waals surface area contributed by atoms with Crippen molar-refractivity contribution in [1.29, 1.82) is 0 Å². The fraction of sp³-hybridized carbons (Fsp3) is 0.444. The fourth-order valence-corrected chi connectivity index (χ4v) is 3.71. The predicted molar refractivity (Wildman–Crippen MR) is 110 cm³/mol. The zero-order valence-corrected chi connectivity index (χ0v) is 17.0. The van der Waals surface area contributed by atoms with Gasteiger partial charge >= 0.3 is 5.97 Å². The van der Waals surface area contributed by atoms with E-state index in [1.54, 1.807) is 11.1 Å². The first-order valence-electron chi connectivity index (χ1n) is 8.89. The molecule has 0 amide bonds. The number of carbonyl (C=O) groups excluding carboxylic acids is 1. The van der Waals surface area contributed by atoms with Gasteiger partial charge in [-0.1, -0.05) is 5.24 Å². The van der Waals surface area contributed by atoms with E-state index < -0.39 is 17.0 Å². The molecule has 1 aliphatic heterocycles. The van der Waals surface area contributed by atoms with Crippen LogP contribution in [-0.2, 0) is 9.47 Å². The first kappa shape index (κ1) is 21.9. The third-order valence-corrected chi connectivity index (χ3v) is 5.37. The maximum absolute atomic E-state index is 14.9. The van der Waals surface area contributed by atoms with Crippen LogP contribution in [0.1, 0.15) is 15.2 Å². The molecule has 6 nitrogen and oxygen atoms in total. The average molecular weight is 410 g/mol. The molecule has 1 saturated heterocycles. The Bertz CT molecular complexity index is 890. The van der Waals surface area contributed by atoms with Gasteiger partial charge in [-0.25, -0.2) is 14.2 Å². The number of methoxy groups -OCH3 is 1. The van der Waals surface area contributed by atoms with Gasteiger partial charge < -0.3 is 19.1 Å². The Morgan fingerprint density at radius 3 is 2.83 bits per heavy atom. The van der Waals surface area contributed by atoms with Crippen LogP contribution in [0, 0.1) is 12.7 Å². The molecule has 1 aromatic carbocycles. The van der Waals surface area contributed by atoms with Crippen molar-refractivity contribution in [3.05, 3.63) is 34.6 Å². The topological polar surface area (TPSA) is 60.9 Å². The molecule has 0 saturated carbocycles. The minimum Gasteiger partial charge on any atom is -0.491 e. The molecule has 1 fully saturated rings. The summed E-state index contributed by atoms with van der Waals surface area (Å²) in [6.45, 7) is 3.25. The van der Waals surface area contributed by atoms with Gasteiger partial charge in [0.15, 0.2) is 0 Å². The third kappa shape index (κ3) is 5.21. The number of esters is 1. The van der Waals surface area contributed by atoms with Gasteiger partial charge in [-0.3, -0.25) is 0 Å². The minimum absolute atomic E-state index is 0.134. The number of hydrogen-bond donors (Lipinski definition) is 0. The van der Waals surface area contributed by atoms with Crippen LogP contribution in [0.25, 0.3) is 10.6 Å². The highest BCUT2D eigenvalue weighted by Gasteiger charge is 2.28. The molecule has 2 aromatic rings. The molecular weight excluding hydrogens is 392 g/mol. The Kier molecular flexibility index (Phi) is 6.70. The maximum Gasteiger partial charge on any atom is 0.341 e. The molecule has 1 atom stereocenters. The predicted octanol–water partition coefficient (Wildman–Crippen LogP) is 1.24. The summed E-state index contributed by atoms with van der Waals surface area (Å²) in [6, 6.07) is 2.80. The number of thiazole rings is 1. The summed E-state index contributed by atoms with van der Waals surface area (Å²) in [5.74, 6) is -1.23. The van der Waals surface area contributed by atoms with Crippen LogP contribution in [0.3, 0.4) is 0 Å². The van der Waals surface area contributed by atoms with Crippen LogP contribution in [0.2, 0.25) is 0 Å². The van der Waals surface area contributed by atoms with Crippen LogP contribution >= 0.6 is 11.3 Å². The Morgan fingerprint density at radius 1 is 1.45 bits per heavy atom. The van der Waals surface area contributed by atoms with E-state index >= 15 is 0 Å². The van der Waals surface area contributed by atoms with Crippen LogP contribution in [0.4, 0.5) is 4.39 Å². The van der Waals surface area contributed by atoms with Gasteiger partial charge in [0.05, 0.1) is 48.4 Å². The summed E-state index contributed by atoms with van der Waals surface area (Å²) in [5, 5.41) is -1.01. The first-order valence-corrected chi connectivity index (χ1v) is 9.71. The molecule has 29 heavy (non-hydrogen) atoms. The highest BCUT2D eigenvalue weighted by Crippen LogP contribution is 2.33. The standard InChI is InChI=1S/C18H18B3FN2O4S/c1-10-7-23-16(29-10)13-5-11(6-14(15(13)22)17(25)26-2)28-9-12-8-24(3-4-27-12)18(19,20)21/h5-7,12H,3-4,8-9H2,1-2H3/t12-/m1/s1. The summed E-state index contributed by atoms with van der Waals surface area (Å²) < 4.78 is 31.0. The number of morpholine rings is 1. The molecule has 1 aliphatic rings. The van der Waals surface area contributed by atoms with Crippen molar-refractivity contribution in [3.8, 4) is 16.3 Å². The zero-order chi connectivity index (χ0) is 21.2. The van der Waals surface area contributed by atoms with Gasteiger partial charge in [0, 0.05) is 24.2 Å². The van der Waals surface area contributed by atoms with E-state index in [1.807, 2.05) is 6.92 Å². The minimum atomic E-state index is -1.45. The smallest absolute Gasteiger partial charge is 0.341 e. The van der Waals surface area contributed by atoms with Gasteiger partial charge in [0.1, 0.15) is 29.3 Å². The Balaban J connectivity index is 1.82. The second kappa shape index (κ2) is 8.89. The summed E-state index contributed by atoms with van der Waals surface area (Å²) >= 11 is 1.31. The number of halogens is 1. The van der Waals surface area contributed by atoms with Crippen LogP contribution in [0.15, 0.2) is 18.3 Å². The monoisotopic (exact) mass is 410 g/mol. The van der Waals surface area contributed by atoms with Crippen molar-refractivity contribution < 1.29 is 23.4 Å². The normalized spacial score (nSPS) is 17.8. The number of nitrogens with zero attached hydrogens (tertiary/aromatic N) is 2. The van der Waals surface area contributed by atoms with E-state index in [-0.39, 0.29) is 29.6 Å². The van der Waals surface area contributed by atoms with Gasteiger partial charge in [-0.05, 0) is 19.1 Å². The van der Waals surface area contributed by atoms with E-state index in [4.69, 9.17) is 33.0 Å². The van der Waals surface area contributed by atoms with E-state index in [1.165, 1.54) is 30.6 Å². The van der Waals surface area contributed by atoms with Crippen LogP contribution in [-0.4, -0.2) is 84.1 Å². The van der Waals surface area contributed by atoms with Crippen molar-refractivity contribution in [1.82, 2.24) is 9.88 Å². The molecule has 11 heteroatoms. The maximum atomic E-state index is 14.9. The zero-order valence-electron chi connectivity index (χ0n) is 16.2. The Hall–Kier alpha value is -1.84. The van der Waals surface area contributed by atoms with Crippen molar-refractivity contribution in [2.75, 3.05) is 33.4 Å². The van der Waals surface area contributed by atoms with Crippen molar-refractivity contribution in [2.45, 2.75) is 18.3 Å². The molecule has 2 heterocycles. The number of benzene rings is 1.